The highest BCUT2D eigenvalue weighted by Gasteiger charge is 2.30. The number of hydrogen-bond donors (Lipinski definition) is 2. The fourth-order valence-corrected chi connectivity index (χ4v) is 4.94. The SMILES string of the molecule is NC(=C(CCc1ccc(F)cc1)C(=O)Nc1nc2ccccc2n1CCN1CCOCC1)c1ccc(C(F)(F)F)cc1. The number of halogens is 4. The predicted molar refractivity (Wildman–Crippen MR) is 153 cm³/mol. The zero-order valence-electron chi connectivity index (χ0n) is 22.8. The number of anilines is 1. The zero-order valence-corrected chi connectivity index (χ0v) is 22.8. The van der Waals surface area contributed by atoms with Gasteiger partial charge in [-0.2, -0.15) is 13.2 Å². The van der Waals surface area contributed by atoms with Crippen molar-refractivity contribution in [3.8, 4) is 0 Å². The maximum Gasteiger partial charge on any atom is 0.416 e. The zero-order chi connectivity index (χ0) is 29.7. The number of aryl methyl sites for hydroxylation is 1. The lowest BCUT2D eigenvalue weighted by Gasteiger charge is -2.27. The molecule has 0 aliphatic carbocycles. The number of morpholine rings is 1. The molecule has 0 spiro atoms. The minimum absolute atomic E-state index is 0.0549. The van der Waals surface area contributed by atoms with Gasteiger partial charge < -0.3 is 15.0 Å². The lowest BCUT2D eigenvalue weighted by Crippen LogP contribution is -2.38. The van der Waals surface area contributed by atoms with Gasteiger partial charge in [-0.15, -0.1) is 0 Å². The number of rotatable bonds is 9. The summed E-state index contributed by atoms with van der Waals surface area (Å²) in [5.74, 6) is -0.557. The summed E-state index contributed by atoms with van der Waals surface area (Å²) in [6, 6.07) is 17.8. The third kappa shape index (κ3) is 6.97. The number of aromatic nitrogens is 2. The topological polar surface area (TPSA) is 85.4 Å². The highest BCUT2D eigenvalue weighted by Crippen LogP contribution is 2.30. The van der Waals surface area contributed by atoms with Crippen LogP contribution in [0.1, 0.15) is 23.1 Å². The van der Waals surface area contributed by atoms with E-state index in [9.17, 15) is 22.4 Å². The number of hydrogen-bond acceptors (Lipinski definition) is 5. The Morgan fingerprint density at radius 2 is 1.64 bits per heavy atom. The highest BCUT2D eigenvalue weighted by atomic mass is 19.4. The average Bonchev–Trinajstić information content (AvgIpc) is 3.33. The molecular formula is C31H31F4N5O2. The Bertz CT molecular complexity index is 1560. The summed E-state index contributed by atoms with van der Waals surface area (Å²) in [5.41, 5.74) is 8.50. The van der Waals surface area contributed by atoms with Crippen molar-refractivity contribution in [2.24, 2.45) is 5.73 Å². The quantitative estimate of drug-likeness (QED) is 0.202. The Labute approximate surface area is 240 Å². The number of nitrogens with zero attached hydrogens (tertiary/aromatic N) is 3. The lowest BCUT2D eigenvalue weighted by atomic mass is 9.98. The van der Waals surface area contributed by atoms with E-state index in [0.29, 0.717) is 37.6 Å². The first kappa shape index (κ1) is 29.3. The molecule has 42 heavy (non-hydrogen) atoms. The summed E-state index contributed by atoms with van der Waals surface area (Å²) < 4.78 is 60.2. The number of fused-ring (bicyclic) bond motifs is 1. The van der Waals surface area contributed by atoms with Crippen molar-refractivity contribution < 1.29 is 27.1 Å². The fraction of sp³-hybridized carbons (Fsp3) is 0.290. The molecule has 0 unspecified atom stereocenters. The second-order valence-corrected chi connectivity index (χ2v) is 10.1. The number of ether oxygens (including phenoxy) is 1. The fourth-order valence-electron chi connectivity index (χ4n) is 4.94. The van der Waals surface area contributed by atoms with Crippen LogP contribution in [0.4, 0.5) is 23.5 Å². The molecule has 3 aromatic carbocycles. The van der Waals surface area contributed by atoms with E-state index in [1.165, 1.54) is 24.3 Å². The van der Waals surface area contributed by atoms with Gasteiger partial charge in [0.15, 0.2) is 0 Å². The molecule has 2 heterocycles. The van der Waals surface area contributed by atoms with E-state index >= 15 is 0 Å². The van der Waals surface area contributed by atoms with Gasteiger partial charge in [-0.05, 0) is 60.4 Å². The molecule has 0 radical (unpaired) electrons. The van der Waals surface area contributed by atoms with Crippen LogP contribution in [0.5, 0.6) is 0 Å². The van der Waals surface area contributed by atoms with Gasteiger partial charge in [0, 0.05) is 37.4 Å². The van der Waals surface area contributed by atoms with Crippen LogP contribution in [0, 0.1) is 5.82 Å². The molecule has 1 aromatic heterocycles. The molecule has 7 nitrogen and oxygen atoms in total. The minimum atomic E-state index is -4.50. The molecule has 5 rings (SSSR count). The van der Waals surface area contributed by atoms with Gasteiger partial charge >= 0.3 is 6.18 Å². The van der Waals surface area contributed by atoms with Crippen LogP contribution >= 0.6 is 0 Å². The summed E-state index contributed by atoms with van der Waals surface area (Å²) >= 11 is 0. The first-order valence-corrected chi connectivity index (χ1v) is 13.7. The number of carbonyl (C=O) groups is 1. The molecule has 0 saturated carbocycles. The number of imidazole rings is 1. The Kier molecular flexibility index (Phi) is 8.89. The first-order chi connectivity index (χ1) is 20.2. The van der Waals surface area contributed by atoms with Gasteiger partial charge in [-0.3, -0.25) is 15.0 Å². The van der Waals surface area contributed by atoms with Gasteiger partial charge in [-0.1, -0.05) is 36.4 Å². The maximum atomic E-state index is 13.8. The number of nitrogens with two attached hydrogens (primary N) is 1. The summed E-state index contributed by atoms with van der Waals surface area (Å²) in [7, 11) is 0. The minimum Gasteiger partial charge on any atom is -0.398 e. The predicted octanol–water partition coefficient (Wildman–Crippen LogP) is 5.47. The van der Waals surface area contributed by atoms with E-state index in [-0.39, 0.29) is 29.1 Å². The first-order valence-electron chi connectivity index (χ1n) is 13.7. The van der Waals surface area contributed by atoms with Gasteiger partial charge in [0.2, 0.25) is 5.95 Å². The van der Waals surface area contributed by atoms with E-state index in [0.717, 1.165) is 42.8 Å². The van der Waals surface area contributed by atoms with Crippen LogP contribution in [0.15, 0.2) is 78.4 Å². The van der Waals surface area contributed by atoms with Crippen LogP contribution in [0.2, 0.25) is 0 Å². The number of carbonyl (C=O) groups excluding carboxylic acids is 1. The summed E-state index contributed by atoms with van der Waals surface area (Å²) in [6.07, 6.45) is -3.98. The van der Waals surface area contributed by atoms with Crippen LogP contribution in [-0.4, -0.2) is 53.2 Å². The molecule has 0 bridgehead atoms. The van der Waals surface area contributed by atoms with Crippen molar-refractivity contribution in [1.82, 2.24) is 14.5 Å². The molecule has 1 amide bonds. The summed E-state index contributed by atoms with van der Waals surface area (Å²) in [4.78, 5) is 20.7. The summed E-state index contributed by atoms with van der Waals surface area (Å²) in [5, 5.41) is 2.91. The molecule has 11 heteroatoms. The number of alkyl halides is 3. The van der Waals surface area contributed by atoms with Crippen LogP contribution in [0.25, 0.3) is 16.7 Å². The molecule has 220 valence electrons. The standard InChI is InChI=1S/C31H31F4N5O2/c32-24-12-5-21(6-13-24)7-14-25(28(36)22-8-10-23(11-9-22)31(33,34)35)29(41)38-30-37-26-3-1-2-4-27(26)40(30)16-15-39-17-19-42-20-18-39/h1-6,8-13H,7,14-20,36H2,(H,37,38,41). The van der Waals surface area contributed by atoms with E-state index in [1.807, 2.05) is 28.8 Å². The lowest BCUT2D eigenvalue weighted by molar-refractivity contribution is -0.137. The molecule has 0 atom stereocenters. The van der Waals surface area contributed by atoms with Crippen molar-refractivity contribution in [3.05, 3.63) is 101 Å². The number of nitrogens with one attached hydrogen (secondary N) is 1. The monoisotopic (exact) mass is 581 g/mol. The molecule has 1 saturated heterocycles. The van der Waals surface area contributed by atoms with E-state index in [1.54, 1.807) is 12.1 Å². The molecule has 4 aromatic rings. The van der Waals surface area contributed by atoms with Gasteiger partial charge in [0.25, 0.3) is 5.91 Å². The molecule has 1 fully saturated rings. The van der Waals surface area contributed by atoms with Crippen molar-refractivity contribution in [2.45, 2.75) is 25.6 Å². The largest absolute Gasteiger partial charge is 0.416 e. The normalized spacial score (nSPS) is 15.0. The van der Waals surface area contributed by atoms with Crippen LogP contribution in [-0.2, 0) is 28.7 Å². The van der Waals surface area contributed by atoms with Crippen molar-refractivity contribution in [1.29, 1.82) is 0 Å². The Hall–Kier alpha value is -4.22. The van der Waals surface area contributed by atoms with Crippen molar-refractivity contribution in [3.63, 3.8) is 0 Å². The van der Waals surface area contributed by atoms with Gasteiger partial charge in [-0.25, -0.2) is 9.37 Å². The second-order valence-electron chi connectivity index (χ2n) is 10.1. The molecule has 1 aliphatic heterocycles. The smallest absolute Gasteiger partial charge is 0.398 e. The van der Waals surface area contributed by atoms with Crippen LogP contribution < -0.4 is 11.1 Å². The Morgan fingerprint density at radius 3 is 2.33 bits per heavy atom. The van der Waals surface area contributed by atoms with Crippen LogP contribution in [0.3, 0.4) is 0 Å². The van der Waals surface area contributed by atoms with Gasteiger partial charge in [0.1, 0.15) is 5.82 Å². The third-order valence-electron chi connectivity index (χ3n) is 7.32. The van der Waals surface area contributed by atoms with E-state index in [2.05, 4.69) is 15.2 Å². The molecular weight excluding hydrogens is 550 g/mol. The Morgan fingerprint density at radius 1 is 0.952 bits per heavy atom. The number of amides is 1. The highest BCUT2D eigenvalue weighted by molar-refractivity contribution is 6.08. The molecule has 3 N–H and O–H groups in total. The van der Waals surface area contributed by atoms with E-state index < -0.39 is 17.6 Å². The second kappa shape index (κ2) is 12.7. The number of para-hydroxylation sites is 2. The van der Waals surface area contributed by atoms with Crippen molar-refractivity contribution in [2.75, 3.05) is 38.2 Å². The van der Waals surface area contributed by atoms with E-state index in [4.69, 9.17) is 10.5 Å². The number of benzene rings is 3. The molecule has 1 aliphatic rings. The van der Waals surface area contributed by atoms with Crippen molar-refractivity contribution >= 4 is 28.6 Å². The average molecular weight is 582 g/mol. The Balaban J connectivity index is 1.45. The third-order valence-corrected chi connectivity index (χ3v) is 7.32. The summed E-state index contributed by atoms with van der Waals surface area (Å²) in [6.45, 7) is 4.26. The van der Waals surface area contributed by atoms with Gasteiger partial charge in [0.05, 0.1) is 29.8 Å². The maximum absolute atomic E-state index is 13.8.